The Morgan fingerprint density at radius 1 is 1.50 bits per heavy atom. The lowest BCUT2D eigenvalue weighted by molar-refractivity contribution is 1.54. The molecule has 2 aromatic rings. The van der Waals surface area contributed by atoms with Crippen LogP contribution >= 0.6 is 51.2 Å². The summed E-state index contributed by atoms with van der Waals surface area (Å²) < 4.78 is 3.14. The molecule has 0 aromatic carbocycles. The first-order valence-corrected chi connectivity index (χ1v) is 6.02. The van der Waals surface area contributed by atoms with Crippen molar-refractivity contribution in [2.24, 2.45) is 0 Å². The van der Waals surface area contributed by atoms with E-state index >= 15 is 0 Å². The molecule has 0 radical (unpaired) electrons. The fourth-order valence-electron chi connectivity index (χ4n) is 0.889. The number of rotatable bonds is 0. The first kappa shape index (κ1) is 8.74. The minimum absolute atomic E-state index is 0.0451. The van der Waals surface area contributed by atoms with E-state index in [1.165, 1.54) is 22.7 Å². The Bertz CT molecular complexity index is 485. The summed E-state index contributed by atoms with van der Waals surface area (Å²) >= 11 is 10.4. The number of hydrogen-bond acceptors (Lipinski definition) is 4. The van der Waals surface area contributed by atoms with Crippen molar-refractivity contribution in [3.63, 3.8) is 0 Å². The third kappa shape index (κ3) is 1.25. The topological polar surface area (TPSA) is 17.1 Å². The molecule has 2 aromatic heterocycles. The first-order valence-electron chi connectivity index (χ1n) is 3.09. The van der Waals surface area contributed by atoms with Gasteiger partial charge in [0.15, 0.2) is 0 Å². The third-order valence-electron chi connectivity index (χ3n) is 1.43. The molecule has 0 saturated heterocycles. The summed E-state index contributed by atoms with van der Waals surface area (Å²) in [7, 11) is 0. The molecule has 0 unspecified atom stereocenters. The number of halogens is 1. The molecule has 5 heteroatoms. The highest BCUT2D eigenvalue weighted by molar-refractivity contribution is 9.10. The maximum Gasteiger partial charge on any atom is 0.213 e. The minimum atomic E-state index is 0.0451. The maximum atomic E-state index is 11.5. The van der Waals surface area contributed by atoms with Gasteiger partial charge in [-0.05, 0) is 27.4 Å². The van der Waals surface area contributed by atoms with Crippen molar-refractivity contribution >= 4 is 60.6 Å². The standard InChI is InChI=1S/C7H3BrOS3/c8-4-5(9)6-3(1-2-11-6)12-7(4)10/h1-2,10H. The lowest BCUT2D eigenvalue weighted by Crippen LogP contribution is -1.98. The van der Waals surface area contributed by atoms with Crippen LogP contribution in [-0.2, 0) is 0 Å². The normalized spacial score (nSPS) is 10.8. The third-order valence-corrected chi connectivity index (χ3v) is 5.25. The zero-order valence-electron chi connectivity index (χ0n) is 5.70. The van der Waals surface area contributed by atoms with Gasteiger partial charge in [-0.25, -0.2) is 0 Å². The molecule has 0 N–H and O–H groups in total. The van der Waals surface area contributed by atoms with Gasteiger partial charge in [-0.2, -0.15) is 0 Å². The van der Waals surface area contributed by atoms with Crippen LogP contribution in [0.15, 0.2) is 24.9 Å². The van der Waals surface area contributed by atoms with Crippen molar-refractivity contribution in [3.05, 3.63) is 26.1 Å². The molecule has 0 aliphatic heterocycles. The molecule has 0 fully saturated rings. The van der Waals surface area contributed by atoms with E-state index in [1.54, 1.807) is 0 Å². The summed E-state index contributed by atoms with van der Waals surface area (Å²) in [4.78, 5) is 11.5. The number of hydrogen-bond donors (Lipinski definition) is 1. The molecule has 12 heavy (non-hydrogen) atoms. The summed E-state index contributed by atoms with van der Waals surface area (Å²) in [5.41, 5.74) is 0.0451. The summed E-state index contributed by atoms with van der Waals surface area (Å²) in [5, 5.41) is 1.92. The Morgan fingerprint density at radius 3 is 3.00 bits per heavy atom. The molecular formula is C7H3BrOS3. The second-order valence-corrected chi connectivity index (χ2v) is 5.68. The molecule has 0 saturated carbocycles. The van der Waals surface area contributed by atoms with E-state index < -0.39 is 0 Å². The predicted octanol–water partition coefficient (Wildman–Crippen LogP) is 3.37. The van der Waals surface area contributed by atoms with Gasteiger partial charge in [0.2, 0.25) is 5.43 Å². The fourth-order valence-corrected chi connectivity index (χ4v) is 3.66. The van der Waals surface area contributed by atoms with Crippen LogP contribution in [-0.4, -0.2) is 0 Å². The van der Waals surface area contributed by atoms with Crippen molar-refractivity contribution in [2.75, 3.05) is 0 Å². The van der Waals surface area contributed by atoms with Gasteiger partial charge >= 0.3 is 0 Å². The first-order chi connectivity index (χ1) is 5.70. The van der Waals surface area contributed by atoms with Crippen LogP contribution in [0.4, 0.5) is 0 Å². The van der Waals surface area contributed by atoms with Crippen LogP contribution in [0.3, 0.4) is 0 Å². The number of thiol groups is 1. The average molecular weight is 279 g/mol. The van der Waals surface area contributed by atoms with E-state index in [-0.39, 0.29) is 5.43 Å². The van der Waals surface area contributed by atoms with Gasteiger partial charge in [0, 0.05) is 0 Å². The van der Waals surface area contributed by atoms with Crippen molar-refractivity contribution in [1.82, 2.24) is 0 Å². The van der Waals surface area contributed by atoms with Gasteiger partial charge in [-0.3, -0.25) is 4.79 Å². The molecule has 2 heterocycles. The van der Waals surface area contributed by atoms with E-state index in [4.69, 9.17) is 0 Å². The van der Waals surface area contributed by atoms with Crippen LogP contribution in [0, 0.1) is 0 Å². The Kier molecular flexibility index (Phi) is 2.29. The Hall–Kier alpha value is 0.160. The van der Waals surface area contributed by atoms with Gasteiger partial charge < -0.3 is 0 Å². The Labute approximate surface area is 90.6 Å². The molecule has 0 bridgehead atoms. The van der Waals surface area contributed by atoms with Gasteiger partial charge in [-0.1, -0.05) is 0 Å². The molecule has 62 valence electrons. The molecule has 0 amide bonds. The highest BCUT2D eigenvalue weighted by atomic mass is 79.9. The SMILES string of the molecule is O=c1c(Br)c(S)sc2ccsc12. The van der Waals surface area contributed by atoms with E-state index in [0.717, 1.165) is 13.6 Å². The summed E-state index contributed by atoms with van der Waals surface area (Å²) in [6, 6.07) is 1.94. The minimum Gasteiger partial charge on any atom is -0.287 e. The van der Waals surface area contributed by atoms with E-state index in [1.807, 2.05) is 11.4 Å². The Balaban J connectivity index is 3.05. The van der Waals surface area contributed by atoms with Gasteiger partial charge in [-0.15, -0.1) is 35.3 Å². The molecule has 0 spiro atoms. The van der Waals surface area contributed by atoms with Crippen molar-refractivity contribution in [2.45, 2.75) is 4.21 Å². The molecule has 0 atom stereocenters. The summed E-state index contributed by atoms with van der Waals surface area (Å²) in [6.45, 7) is 0. The number of thiophene rings is 1. The lowest BCUT2D eigenvalue weighted by atomic mass is 10.5. The average Bonchev–Trinajstić information content (AvgIpc) is 2.48. The monoisotopic (exact) mass is 278 g/mol. The lowest BCUT2D eigenvalue weighted by Gasteiger charge is -1.93. The second kappa shape index (κ2) is 3.14. The van der Waals surface area contributed by atoms with Crippen LogP contribution in [0.5, 0.6) is 0 Å². The smallest absolute Gasteiger partial charge is 0.213 e. The largest absolute Gasteiger partial charge is 0.287 e. The highest BCUT2D eigenvalue weighted by Gasteiger charge is 2.07. The van der Waals surface area contributed by atoms with Crippen molar-refractivity contribution < 1.29 is 0 Å². The fraction of sp³-hybridized carbons (Fsp3) is 0. The molecule has 2 rings (SSSR count). The van der Waals surface area contributed by atoms with Crippen molar-refractivity contribution in [1.29, 1.82) is 0 Å². The van der Waals surface area contributed by atoms with E-state index in [9.17, 15) is 4.79 Å². The maximum absolute atomic E-state index is 11.5. The zero-order chi connectivity index (χ0) is 8.72. The van der Waals surface area contributed by atoms with Crippen LogP contribution in [0.1, 0.15) is 0 Å². The van der Waals surface area contributed by atoms with Crippen LogP contribution in [0.2, 0.25) is 0 Å². The van der Waals surface area contributed by atoms with Gasteiger partial charge in [0.05, 0.1) is 18.1 Å². The van der Waals surface area contributed by atoms with Crippen molar-refractivity contribution in [3.8, 4) is 0 Å². The zero-order valence-corrected chi connectivity index (χ0v) is 9.82. The molecule has 0 aliphatic carbocycles. The predicted molar refractivity (Wildman–Crippen MR) is 60.9 cm³/mol. The Morgan fingerprint density at radius 2 is 2.25 bits per heavy atom. The number of fused-ring (bicyclic) bond motifs is 1. The highest BCUT2D eigenvalue weighted by Crippen LogP contribution is 2.30. The van der Waals surface area contributed by atoms with Gasteiger partial charge in [0.25, 0.3) is 0 Å². The summed E-state index contributed by atoms with van der Waals surface area (Å²) in [6.07, 6.45) is 0. The van der Waals surface area contributed by atoms with E-state index in [0.29, 0.717) is 4.47 Å². The molecule has 0 aliphatic rings. The molecular weight excluding hydrogens is 276 g/mol. The second-order valence-electron chi connectivity index (χ2n) is 2.16. The van der Waals surface area contributed by atoms with Crippen LogP contribution < -0.4 is 5.43 Å². The van der Waals surface area contributed by atoms with Crippen LogP contribution in [0.25, 0.3) is 9.40 Å². The quantitative estimate of drug-likeness (QED) is 0.732. The van der Waals surface area contributed by atoms with E-state index in [2.05, 4.69) is 28.6 Å². The summed E-state index contributed by atoms with van der Waals surface area (Å²) in [5.74, 6) is 0. The van der Waals surface area contributed by atoms with Gasteiger partial charge in [0.1, 0.15) is 0 Å². The molecule has 1 nitrogen and oxygen atoms in total.